The molecule has 12 heavy (non-hydrogen) atoms. The third-order valence-corrected chi connectivity index (χ3v) is 2.78. The molecule has 0 bridgehead atoms. The number of rotatable bonds is 3. The summed E-state index contributed by atoms with van der Waals surface area (Å²) >= 11 is 16.4. The van der Waals surface area contributed by atoms with Crippen LogP contribution in [-0.4, -0.2) is 26.7 Å². The fraction of sp³-hybridized carbons (Fsp3) is 0.667. The average molecular weight is 235 g/mol. The summed E-state index contributed by atoms with van der Waals surface area (Å²) < 4.78 is 0. The molecule has 0 spiro atoms. The van der Waals surface area contributed by atoms with Crippen molar-refractivity contribution in [1.82, 2.24) is 0 Å². The van der Waals surface area contributed by atoms with E-state index in [-0.39, 0.29) is 5.03 Å². The lowest BCUT2D eigenvalue weighted by molar-refractivity contribution is -0.277. The summed E-state index contributed by atoms with van der Waals surface area (Å²) in [6, 6.07) is 0. The van der Waals surface area contributed by atoms with E-state index < -0.39 is 16.4 Å². The average Bonchev–Trinajstić information content (AvgIpc) is 1.98. The SMILES string of the molecule is CCC(Cl)/C(Cl)=C(\Cl)C(O)(O)O. The lowest BCUT2D eigenvalue weighted by Gasteiger charge is -2.16. The van der Waals surface area contributed by atoms with Gasteiger partial charge in [0.15, 0.2) is 0 Å². The van der Waals surface area contributed by atoms with E-state index >= 15 is 0 Å². The van der Waals surface area contributed by atoms with Crippen LogP contribution >= 0.6 is 34.8 Å². The molecule has 0 amide bonds. The predicted octanol–water partition coefficient (Wildman–Crippen LogP) is 1.32. The molecule has 0 saturated heterocycles. The highest BCUT2D eigenvalue weighted by atomic mass is 35.5. The number of allylic oxidation sites excluding steroid dienone is 1. The van der Waals surface area contributed by atoms with Crippen LogP contribution in [0.15, 0.2) is 10.1 Å². The van der Waals surface area contributed by atoms with Crippen molar-refractivity contribution in [3.8, 4) is 0 Å². The molecule has 1 atom stereocenters. The van der Waals surface area contributed by atoms with Crippen LogP contribution in [0, 0.1) is 0 Å². The topological polar surface area (TPSA) is 60.7 Å². The van der Waals surface area contributed by atoms with Crippen molar-refractivity contribution in [2.45, 2.75) is 24.7 Å². The van der Waals surface area contributed by atoms with E-state index in [2.05, 4.69) is 0 Å². The van der Waals surface area contributed by atoms with Gasteiger partial charge in [0.25, 0.3) is 0 Å². The molecule has 1 unspecified atom stereocenters. The quantitative estimate of drug-likeness (QED) is 0.511. The molecule has 0 radical (unpaired) electrons. The summed E-state index contributed by atoms with van der Waals surface area (Å²) in [5, 5.41) is 24.3. The highest BCUT2D eigenvalue weighted by Gasteiger charge is 2.28. The monoisotopic (exact) mass is 234 g/mol. The molecule has 3 nitrogen and oxygen atoms in total. The zero-order valence-electron chi connectivity index (χ0n) is 6.26. The summed E-state index contributed by atoms with van der Waals surface area (Å²) in [5.74, 6) is -3.11. The van der Waals surface area contributed by atoms with Crippen molar-refractivity contribution >= 4 is 34.8 Å². The van der Waals surface area contributed by atoms with Gasteiger partial charge < -0.3 is 15.3 Å². The van der Waals surface area contributed by atoms with E-state index in [1.807, 2.05) is 0 Å². The molecule has 0 saturated carbocycles. The molecule has 0 aromatic carbocycles. The minimum absolute atomic E-state index is 0.173. The second-order valence-corrected chi connectivity index (χ2v) is 3.49. The Balaban J connectivity index is 4.69. The maximum Gasteiger partial charge on any atom is 0.316 e. The Labute approximate surface area is 85.2 Å². The van der Waals surface area contributed by atoms with Crippen LogP contribution in [0.4, 0.5) is 0 Å². The minimum Gasteiger partial charge on any atom is -0.339 e. The van der Waals surface area contributed by atoms with Gasteiger partial charge >= 0.3 is 5.97 Å². The van der Waals surface area contributed by atoms with Crippen LogP contribution in [0.5, 0.6) is 0 Å². The Hall–Kier alpha value is 0.490. The lowest BCUT2D eigenvalue weighted by Crippen LogP contribution is -2.29. The van der Waals surface area contributed by atoms with Crippen LogP contribution in [0.1, 0.15) is 13.3 Å². The van der Waals surface area contributed by atoms with Gasteiger partial charge in [-0.15, -0.1) is 11.6 Å². The Morgan fingerprint density at radius 1 is 1.33 bits per heavy atom. The van der Waals surface area contributed by atoms with E-state index in [0.29, 0.717) is 6.42 Å². The molecule has 0 aliphatic carbocycles. The van der Waals surface area contributed by atoms with Crippen LogP contribution in [0.2, 0.25) is 0 Å². The van der Waals surface area contributed by atoms with E-state index in [1.54, 1.807) is 6.92 Å². The van der Waals surface area contributed by atoms with E-state index in [9.17, 15) is 0 Å². The van der Waals surface area contributed by atoms with Crippen LogP contribution in [0.3, 0.4) is 0 Å². The fourth-order valence-electron chi connectivity index (χ4n) is 0.477. The van der Waals surface area contributed by atoms with Crippen molar-refractivity contribution in [3.63, 3.8) is 0 Å². The van der Waals surface area contributed by atoms with Crippen LogP contribution in [-0.2, 0) is 0 Å². The zero-order chi connectivity index (χ0) is 9.94. The molecule has 0 heterocycles. The molecule has 0 aromatic heterocycles. The van der Waals surface area contributed by atoms with Gasteiger partial charge in [-0.3, -0.25) is 0 Å². The Bertz CT molecular complexity index is 185. The standard InChI is InChI=1S/C6H9Cl3O3/c1-2-3(7)4(8)5(9)6(10,11)12/h3,10-12H,2H2,1H3/b5-4+. The first kappa shape index (κ1) is 12.5. The summed E-state index contributed by atoms with van der Waals surface area (Å²) in [6.07, 6.45) is 0.465. The van der Waals surface area contributed by atoms with Gasteiger partial charge in [-0.1, -0.05) is 30.1 Å². The van der Waals surface area contributed by atoms with Gasteiger partial charge in [-0.2, -0.15) is 0 Å². The molecule has 0 aliphatic rings. The van der Waals surface area contributed by atoms with Crippen molar-refractivity contribution in [2.75, 3.05) is 0 Å². The maximum atomic E-state index is 8.58. The lowest BCUT2D eigenvalue weighted by atomic mass is 10.3. The first-order valence-electron chi connectivity index (χ1n) is 3.17. The highest BCUT2D eigenvalue weighted by molar-refractivity contribution is 6.43. The molecule has 72 valence electrons. The molecule has 0 rings (SSSR count). The predicted molar refractivity (Wildman–Crippen MR) is 48.1 cm³/mol. The molecular formula is C6H9Cl3O3. The smallest absolute Gasteiger partial charge is 0.316 e. The number of halogens is 3. The maximum absolute atomic E-state index is 8.58. The first-order chi connectivity index (χ1) is 5.30. The summed E-state index contributed by atoms with van der Waals surface area (Å²) in [5.41, 5.74) is 0. The number of alkyl halides is 1. The summed E-state index contributed by atoms with van der Waals surface area (Å²) in [6.45, 7) is 1.73. The fourth-order valence-corrected chi connectivity index (χ4v) is 1.05. The first-order valence-corrected chi connectivity index (χ1v) is 4.36. The Morgan fingerprint density at radius 3 is 2.00 bits per heavy atom. The van der Waals surface area contributed by atoms with Crippen LogP contribution < -0.4 is 0 Å². The second-order valence-electron chi connectivity index (χ2n) is 2.17. The third kappa shape index (κ3) is 3.47. The van der Waals surface area contributed by atoms with Gasteiger partial charge in [0.2, 0.25) is 0 Å². The Morgan fingerprint density at radius 2 is 1.75 bits per heavy atom. The van der Waals surface area contributed by atoms with Gasteiger partial charge in [0.1, 0.15) is 5.03 Å². The van der Waals surface area contributed by atoms with E-state index in [4.69, 9.17) is 50.1 Å². The normalized spacial score (nSPS) is 17.2. The largest absolute Gasteiger partial charge is 0.339 e. The number of hydrogen-bond donors (Lipinski definition) is 3. The van der Waals surface area contributed by atoms with Gasteiger partial charge in [0, 0.05) is 0 Å². The van der Waals surface area contributed by atoms with Gasteiger partial charge in [-0.05, 0) is 6.42 Å². The van der Waals surface area contributed by atoms with Crippen LogP contribution in [0.25, 0.3) is 0 Å². The molecule has 3 N–H and O–H groups in total. The van der Waals surface area contributed by atoms with E-state index in [0.717, 1.165) is 0 Å². The van der Waals surface area contributed by atoms with Gasteiger partial charge in [-0.25, -0.2) is 0 Å². The van der Waals surface area contributed by atoms with E-state index in [1.165, 1.54) is 0 Å². The minimum atomic E-state index is -3.11. The Kier molecular flexibility index (Phi) is 4.84. The molecular weight excluding hydrogens is 226 g/mol. The summed E-state index contributed by atoms with van der Waals surface area (Å²) in [7, 11) is 0. The second kappa shape index (κ2) is 4.65. The molecule has 0 aliphatic heterocycles. The number of aliphatic hydroxyl groups is 3. The molecule has 0 fully saturated rings. The summed E-state index contributed by atoms with van der Waals surface area (Å²) in [4.78, 5) is 0. The van der Waals surface area contributed by atoms with Gasteiger partial charge in [0.05, 0.1) is 10.4 Å². The zero-order valence-corrected chi connectivity index (χ0v) is 8.53. The molecule has 6 heteroatoms. The van der Waals surface area contributed by atoms with Crippen molar-refractivity contribution < 1.29 is 15.3 Å². The highest BCUT2D eigenvalue weighted by Crippen LogP contribution is 2.28. The van der Waals surface area contributed by atoms with Crippen molar-refractivity contribution in [1.29, 1.82) is 0 Å². The number of hydrogen-bond acceptors (Lipinski definition) is 3. The van der Waals surface area contributed by atoms with Crippen molar-refractivity contribution in [2.24, 2.45) is 0 Å². The molecule has 0 aromatic rings. The van der Waals surface area contributed by atoms with Crippen molar-refractivity contribution in [3.05, 3.63) is 10.1 Å². The third-order valence-electron chi connectivity index (χ3n) is 1.14.